The van der Waals surface area contributed by atoms with Crippen LogP contribution in [0.1, 0.15) is 16.1 Å². The van der Waals surface area contributed by atoms with Crippen molar-refractivity contribution in [1.29, 1.82) is 0 Å². The van der Waals surface area contributed by atoms with Crippen LogP contribution in [0, 0.1) is 6.92 Å². The van der Waals surface area contributed by atoms with Gasteiger partial charge in [0, 0.05) is 50.7 Å². The maximum absolute atomic E-state index is 13.0. The number of rotatable bonds is 6. The summed E-state index contributed by atoms with van der Waals surface area (Å²) in [6.07, 6.45) is 3.37. The van der Waals surface area contributed by atoms with E-state index in [1.165, 1.54) is 0 Å². The molecule has 9 heteroatoms. The summed E-state index contributed by atoms with van der Waals surface area (Å²) in [5, 5.41) is 7.26. The predicted molar refractivity (Wildman–Crippen MR) is 129 cm³/mol. The van der Waals surface area contributed by atoms with Gasteiger partial charge in [-0.3, -0.25) is 24.8 Å². The molecule has 0 bridgehead atoms. The Morgan fingerprint density at radius 1 is 1.09 bits per heavy atom. The van der Waals surface area contributed by atoms with Crippen molar-refractivity contribution in [3.8, 4) is 22.6 Å². The average Bonchev–Trinajstić information content (AvgIpc) is 3.37. The van der Waals surface area contributed by atoms with Crippen LogP contribution in [0.2, 0.25) is 0 Å². The first-order valence-corrected chi connectivity index (χ1v) is 11.4. The summed E-state index contributed by atoms with van der Waals surface area (Å²) in [6, 6.07) is 11.5. The molecule has 1 aliphatic heterocycles. The second-order valence-corrected chi connectivity index (χ2v) is 8.46. The first-order valence-electron chi connectivity index (χ1n) is 11.4. The summed E-state index contributed by atoms with van der Waals surface area (Å²) >= 11 is 0. The highest BCUT2D eigenvalue weighted by atomic mass is 16.5. The Balaban J connectivity index is 1.38. The van der Waals surface area contributed by atoms with Gasteiger partial charge in [0.15, 0.2) is 0 Å². The fourth-order valence-electron chi connectivity index (χ4n) is 4.07. The number of carbonyl (C=O) groups excluding carboxylic acids is 1. The third-order valence-corrected chi connectivity index (χ3v) is 6.05. The van der Waals surface area contributed by atoms with Gasteiger partial charge in [-0.1, -0.05) is 6.07 Å². The van der Waals surface area contributed by atoms with E-state index in [0.29, 0.717) is 17.6 Å². The van der Waals surface area contributed by atoms with Gasteiger partial charge in [-0.05, 0) is 37.3 Å². The molecule has 5 heterocycles. The predicted octanol–water partition coefficient (Wildman–Crippen LogP) is 2.79. The molecule has 1 fully saturated rings. The van der Waals surface area contributed by atoms with Crippen molar-refractivity contribution in [3.05, 3.63) is 60.0 Å². The van der Waals surface area contributed by atoms with Crippen LogP contribution in [0.3, 0.4) is 0 Å². The lowest BCUT2D eigenvalue weighted by molar-refractivity contribution is 0.0338. The van der Waals surface area contributed by atoms with Crippen LogP contribution in [0.25, 0.3) is 33.7 Å². The quantitative estimate of drug-likeness (QED) is 0.475. The highest BCUT2D eigenvalue weighted by molar-refractivity contribution is 5.96. The van der Waals surface area contributed by atoms with Gasteiger partial charge >= 0.3 is 0 Å². The van der Waals surface area contributed by atoms with Crippen LogP contribution in [0.4, 0.5) is 0 Å². The number of hydrogen-bond donors (Lipinski definition) is 1. The van der Waals surface area contributed by atoms with E-state index >= 15 is 0 Å². The Labute approximate surface area is 197 Å². The van der Waals surface area contributed by atoms with E-state index in [0.717, 1.165) is 66.7 Å². The molecule has 174 valence electrons. The minimum Gasteiger partial charge on any atom is -0.379 e. The summed E-state index contributed by atoms with van der Waals surface area (Å²) in [7, 11) is 1.82. The summed E-state index contributed by atoms with van der Waals surface area (Å²) in [5.41, 5.74) is 6.04. The van der Waals surface area contributed by atoms with Gasteiger partial charge in [0.1, 0.15) is 0 Å². The Hall–Kier alpha value is -3.69. The smallest absolute Gasteiger partial charge is 0.255 e. The average molecular weight is 458 g/mol. The third-order valence-electron chi connectivity index (χ3n) is 6.05. The van der Waals surface area contributed by atoms with E-state index in [1.54, 1.807) is 17.3 Å². The third kappa shape index (κ3) is 4.66. The lowest BCUT2D eigenvalue weighted by Crippen LogP contribution is -2.41. The van der Waals surface area contributed by atoms with E-state index in [9.17, 15) is 4.79 Å². The molecule has 5 rings (SSSR count). The van der Waals surface area contributed by atoms with Gasteiger partial charge in [0.05, 0.1) is 53.1 Å². The highest BCUT2D eigenvalue weighted by Crippen LogP contribution is 2.29. The van der Waals surface area contributed by atoms with Gasteiger partial charge in [-0.15, -0.1) is 0 Å². The first-order chi connectivity index (χ1) is 16.6. The number of nitrogens with zero attached hydrogens (tertiary/aromatic N) is 6. The van der Waals surface area contributed by atoms with Crippen molar-refractivity contribution >= 4 is 16.9 Å². The minimum absolute atomic E-state index is 0.0668. The number of fused-ring (bicyclic) bond motifs is 1. The standard InChI is InChI=1S/C25H27N7O2/c1-17-4-3-5-22(28-17)24-19(16-27-30-24)20-6-7-21-23(29-20)14-18(15-26-21)25(33)31(2)8-9-32-10-12-34-13-11-32/h3-7,14-16H,8-13H2,1-2H3,(H,27,30). The molecule has 0 atom stereocenters. The molecule has 1 amide bonds. The first kappa shape index (κ1) is 22.1. The second kappa shape index (κ2) is 9.66. The fourth-order valence-corrected chi connectivity index (χ4v) is 4.07. The molecule has 1 N–H and O–H groups in total. The molecule has 1 aliphatic rings. The van der Waals surface area contributed by atoms with Gasteiger partial charge < -0.3 is 9.64 Å². The number of hydrogen-bond acceptors (Lipinski definition) is 7. The number of nitrogens with one attached hydrogen (secondary N) is 1. The molecular formula is C25H27N7O2. The zero-order chi connectivity index (χ0) is 23.5. The Kier molecular flexibility index (Phi) is 6.29. The minimum atomic E-state index is -0.0668. The number of likely N-dealkylation sites (N-methyl/N-ethyl adjacent to an activating group) is 1. The van der Waals surface area contributed by atoms with Crippen LogP contribution in [-0.2, 0) is 4.74 Å². The van der Waals surface area contributed by atoms with Gasteiger partial charge in [0.2, 0.25) is 0 Å². The number of aryl methyl sites for hydroxylation is 1. The Bertz CT molecular complexity index is 1310. The molecule has 4 aromatic heterocycles. The largest absolute Gasteiger partial charge is 0.379 e. The monoisotopic (exact) mass is 457 g/mol. The van der Waals surface area contributed by atoms with Crippen molar-refractivity contribution in [2.45, 2.75) is 6.92 Å². The van der Waals surface area contributed by atoms with Crippen LogP contribution < -0.4 is 0 Å². The van der Waals surface area contributed by atoms with Crippen molar-refractivity contribution in [3.63, 3.8) is 0 Å². The zero-order valence-electron chi connectivity index (χ0n) is 19.4. The number of carbonyl (C=O) groups is 1. The zero-order valence-corrected chi connectivity index (χ0v) is 19.4. The summed E-state index contributed by atoms with van der Waals surface area (Å²) in [6.45, 7) is 6.73. The van der Waals surface area contributed by atoms with Gasteiger partial charge in [-0.2, -0.15) is 5.10 Å². The maximum Gasteiger partial charge on any atom is 0.255 e. The molecule has 0 unspecified atom stereocenters. The van der Waals surface area contributed by atoms with Crippen molar-refractivity contribution in [2.24, 2.45) is 0 Å². The highest BCUT2D eigenvalue weighted by Gasteiger charge is 2.17. The molecule has 4 aromatic rings. The summed E-state index contributed by atoms with van der Waals surface area (Å²) in [4.78, 5) is 31.0. The van der Waals surface area contributed by atoms with Crippen molar-refractivity contribution < 1.29 is 9.53 Å². The Morgan fingerprint density at radius 3 is 2.76 bits per heavy atom. The maximum atomic E-state index is 13.0. The van der Waals surface area contributed by atoms with Crippen molar-refractivity contribution in [1.82, 2.24) is 34.9 Å². The lowest BCUT2D eigenvalue weighted by atomic mass is 10.1. The van der Waals surface area contributed by atoms with E-state index < -0.39 is 0 Å². The summed E-state index contributed by atoms with van der Waals surface area (Å²) in [5.74, 6) is -0.0668. The van der Waals surface area contributed by atoms with Crippen LogP contribution in [0.15, 0.2) is 48.8 Å². The van der Waals surface area contributed by atoms with E-state index in [2.05, 4.69) is 25.1 Å². The number of ether oxygens (including phenoxy) is 1. The van der Waals surface area contributed by atoms with E-state index in [1.807, 2.05) is 50.4 Å². The molecule has 9 nitrogen and oxygen atoms in total. The second-order valence-electron chi connectivity index (χ2n) is 8.46. The summed E-state index contributed by atoms with van der Waals surface area (Å²) < 4.78 is 5.39. The topological polar surface area (TPSA) is 100 Å². The Morgan fingerprint density at radius 2 is 1.94 bits per heavy atom. The van der Waals surface area contributed by atoms with Gasteiger partial charge in [-0.25, -0.2) is 4.98 Å². The van der Waals surface area contributed by atoms with Crippen LogP contribution in [0.5, 0.6) is 0 Å². The number of aromatic amines is 1. The number of aromatic nitrogens is 5. The van der Waals surface area contributed by atoms with E-state index in [4.69, 9.17) is 9.72 Å². The fraction of sp³-hybridized carbons (Fsp3) is 0.320. The molecule has 1 saturated heterocycles. The lowest BCUT2D eigenvalue weighted by Gasteiger charge is -2.28. The molecule has 0 spiro atoms. The van der Waals surface area contributed by atoms with Crippen LogP contribution >= 0.6 is 0 Å². The number of pyridine rings is 3. The van der Waals surface area contributed by atoms with E-state index in [-0.39, 0.29) is 5.91 Å². The molecular weight excluding hydrogens is 430 g/mol. The van der Waals surface area contributed by atoms with Crippen LogP contribution in [-0.4, -0.2) is 87.3 Å². The number of H-pyrrole nitrogens is 1. The molecule has 0 radical (unpaired) electrons. The number of amides is 1. The number of morpholine rings is 1. The van der Waals surface area contributed by atoms with Gasteiger partial charge in [0.25, 0.3) is 5.91 Å². The molecule has 0 saturated carbocycles. The molecule has 0 aromatic carbocycles. The molecule has 0 aliphatic carbocycles. The SMILES string of the molecule is Cc1cccc(-c2[nH]ncc2-c2ccc3ncc(C(=O)N(C)CCN4CCOCC4)cc3n2)n1. The normalized spacial score (nSPS) is 14.4. The molecule has 34 heavy (non-hydrogen) atoms. The van der Waals surface area contributed by atoms with Crippen molar-refractivity contribution in [2.75, 3.05) is 46.4 Å².